The summed E-state index contributed by atoms with van der Waals surface area (Å²) in [4.78, 5) is 16.5. The molecule has 7 nitrogen and oxygen atoms in total. The first-order valence-electron chi connectivity index (χ1n) is 7.78. The second-order valence-corrected chi connectivity index (χ2v) is 5.69. The Morgan fingerprint density at radius 1 is 1.25 bits per heavy atom. The van der Waals surface area contributed by atoms with E-state index in [1.54, 1.807) is 12.1 Å². The molecule has 1 fully saturated rings. The van der Waals surface area contributed by atoms with Crippen LogP contribution in [-0.4, -0.2) is 29.0 Å². The van der Waals surface area contributed by atoms with Crippen LogP contribution in [0.15, 0.2) is 42.6 Å². The average molecular weight is 323 g/mol. The lowest BCUT2D eigenvalue weighted by molar-refractivity contribution is -0.385. The van der Waals surface area contributed by atoms with Crippen molar-refractivity contribution in [2.24, 2.45) is 0 Å². The number of anilines is 2. The summed E-state index contributed by atoms with van der Waals surface area (Å²) in [5, 5.41) is 23.3. The fraction of sp³-hybridized carbons (Fsp3) is 0.294. The van der Waals surface area contributed by atoms with Gasteiger partial charge in [0.2, 0.25) is 0 Å². The van der Waals surface area contributed by atoms with Gasteiger partial charge in [-0.05, 0) is 31.0 Å². The number of para-hydroxylation sites is 1. The second kappa shape index (κ2) is 6.96. The van der Waals surface area contributed by atoms with Crippen LogP contribution in [0.4, 0.5) is 17.2 Å². The van der Waals surface area contributed by atoms with Gasteiger partial charge in [0.15, 0.2) is 0 Å². The van der Waals surface area contributed by atoms with Gasteiger partial charge in [-0.15, -0.1) is 0 Å². The fourth-order valence-electron chi connectivity index (χ4n) is 2.85. The van der Waals surface area contributed by atoms with Crippen molar-refractivity contribution in [1.82, 2.24) is 4.98 Å². The van der Waals surface area contributed by atoms with Gasteiger partial charge in [0.1, 0.15) is 18.1 Å². The molecule has 0 saturated carbocycles. The van der Waals surface area contributed by atoms with E-state index in [-0.39, 0.29) is 5.69 Å². The molecule has 122 valence electrons. The zero-order valence-corrected chi connectivity index (χ0v) is 13.1. The van der Waals surface area contributed by atoms with Gasteiger partial charge in [0.05, 0.1) is 16.2 Å². The largest absolute Gasteiger partial charge is 0.381 e. The first kappa shape index (κ1) is 15.7. The Hall–Kier alpha value is -3.14. The zero-order chi connectivity index (χ0) is 16.9. The highest BCUT2D eigenvalue weighted by Gasteiger charge is 2.21. The lowest BCUT2D eigenvalue weighted by Gasteiger charge is -2.33. The third-order valence-corrected chi connectivity index (χ3v) is 4.17. The second-order valence-electron chi connectivity index (χ2n) is 5.69. The maximum absolute atomic E-state index is 10.7. The molecule has 0 amide bonds. The van der Waals surface area contributed by atoms with Gasteiger partial charge in [-0.1, -0.05) is 12.1 Å². The first-order chi connectivity index (χ1) is 11.7. The number of nitrogens with one attached hydrogen (secondary N) is 1. The van der Waals surface area contributed by atoms with E-state index in [4.69, 9.17) is 5.26 Å². The summed E-state index contributed by atoms with van der Waals surface area (Å²) >= 11 is 0. The Morgan fingerprint density at radius 3 is 2.62 bits per heavy atom. The van der Waals surface area contributed by atoms with Gasteiger partial charge in [-0.3, -0.25) is 10.1 Å². The maximum Gasteiger partial charge on any atom is 0.287 e. The maximum atomic E-state index is 10.7. The first-order valence-corrected chi connectivity index (χ1v) is 7.78. The molecule has 1 aliphatic heterocycles. The third-order valence-electron chi connectivity index (χ3n) is 4.17. The van der Waals surface area contributed by atoms with Gasteiger partial charge in [-0.25, -0.2) is 4.98 Å². The summed E-state index contributed by atoms with van der Waals surface area (Å²) in [7, 11) is 0. The lowest BCUT2D eigenvalue weighted by atomic mass is 10.0. The van der Waals surface area contributed by atoms with Crippen molar-refractivity contribution in [3.63, 3.8) is 0 Å². The number of nitro groups is 1. The quantitative estimate of drug-likeness (QED) is 0.686. The van der Waals surface area contributed by atoms with Crippen LogP contribution in [0.5, 0.6) is 0 Å². The molecule has 1 N–H and O–H groups in total. The molecule has 1 aromatic heterocycles. The molecule has 2 heterocycles. The van der Waals surface area contributed by atoms with E-state index in [2.05, 4.69) is 21.3 Å². The predicted octanol–water partition coefficient (Wildman–Crippen LogP) is 2.94. The number of pyridine rings is 1. The summed E-state index contributed by atoms with van der Waals surface area (Å²) in [6.07, 6.45) is 3.12. The molecule has 0 bridgehead atoms. The molecule has 3 rings (SSSR count). The summed E-state index contributed by atoms with van der Waals surface area (Å²) in [6, 6.07) is 13.2. The molecule has 24 heavy (non-hydrogen) atoms. The highest BCUT2D eigenvalue weighted by Crippen LogP contribution is 2.23. The minimum atomic E-state index is -0.445. The van der Waals surface area contributed by atoms with Gasteiger partial charge in [0, 0.05) is 25.2 Å². The van der Waals surface area contributed by atoms with Crippen LogP contribution in [0.2, 0.25) is 0 Å². The Balaban J connectivity index is 1.59. The van der Waals surface area contributed by atoms with Crippen molar-refractivity contribution in [1.29, 1.82) is 5.26 Å². The Bertz CT molecular complexity index is 761. The monoisotopic (exact) mass is 323 g/mol. The predicted molar refractivity (Wildman–Crippen MR) is 90.9 cm³/mol. The van der Waals surface area contributed by atoms with E-state index < -0.39 is 4.92 Å². The zero-order valence-electron chi connectivity index (χ0n) is 13.1. The summed E-state index contributed by atoms with van der Waals surface area (Å²) in [5.41, 5.74) is 1.52. The lowest BCUT2D eigenvalue weighted by Crippen LogP contribution is -2.39. The van der Waals surface area contributed by atoms with Crippen LogP contribution in [0.3, 0.4) is 0 Å². The van der Waals surface area contributed by atoms with Gasteiger partial charge >= 0.3 is 0 Å². The summed E-state index contributed by atoms with van der Waals surface area (Å²) < 4.78 is 0. The van der Waals surface area contributed by atoms with E-state index >= 15 is 0 Å². The van der Waals surface area contributed by atoms with Crippen LogP contribution < -0.4 is 10.2 Å². The smallest absolute Gasteiger partial charge is 0.287 e. The van der Waals surface area contributed by atoms with Crippen molar-refractivity contribution in [2.45, 2.75) is 18.9 Å². The van der Waals surface area contributed by atoms with Crippen molar-refractivity contribution in [3.05, 3.63) is 58.3 Å². The molecule has 0 spiro atoms. The van der Waals surface area contributed by atoms with Gasteiger partial charge < -0.3 is 10.2 Å². The molecular weight excluding hydrogens is 306 g/mol. The number of hydrogen-bond donors (Lipinski definition) is 1. The Labute approximate surface area is 139 Å². The van der Waals surface area contributed by atoms with Crippen molar-refractivity contribution in [2.75, 3.05) is 23.3 Å². The van der Waals surface area contributed by atoms with Crippen LogP contribution in [-0.2, 0) is 0 Å². The number of hydrogen-bond acceptors (Lipinski definition) is 6. The SMILES string of the molecule is N#Cc1ccccc1NC1CCN(c2ccc([N+](=O)[O-])cn2)CC1. The molecule has 1 aliphatic rings. The topological polar surface area (TPSA) is 95.1 Å². The number of rotatable bonds is 4. The van der Waals surface area contributed by atoms with Gasteiger partial charge in [-0.2, -0.15) is 5.26 Å². The molecule has 0 unspecified atom stereocenters. The number of nitriles is 1. The minimum Gasteiger partial charge on any atom is -0.381 e. The number of nitrogens with zero attached hydrogens (tertiary/aromatic N) is 4. The molecule has 0 aliphatic carbocycles. The Morgan fingerprint density at radius 2 is 2.00 bits per heavy atom. The van der Waals surface area contributed by atoms with Crippen LogP contribution in [0, 0.1) is 21.4 Å². The van der Waals surface area contributed by atoms with E-state index in [9.17, 15) is 10.1 Å². The third kappa shape index (κ3) is 3.43. The molecule has 1 saturated heterocycles. The van der Waals surface area contributed by atoms with E-state index in [1.165, 1.54) is 12.3 Å². The summed E-state index contributed by atoms with van der Waals surface area (Å²) in [6.45, 7) is 1.63. The molecular formula is C17H17N5O2. The van der Waals surface area contributed by atoms with Crippen molar-refractivity contribution >= 4 is 17.2 Å². The minimum absolute atomic E-state index is 0.00316. The van der Waals surface area contributed by atoms with Crippen LogP contribution in [0.1, 0.15) is 18.4 Å². The highest BCUT2D eigenvalue weighted by atomic mass is 16.6. The van der Waals surface area contributed by atoms with E-state index in [0.717, 1.165) is 37.4 Å². The van der Waals surface area contributed by atoms with Crippen LogP contribution >= 0.6 is 0 Å². The van der Waals surface area contributed by atoms with E-state index in [1.807, 2.05) is 18.2 Å². The molecule has 0 radical (unpaired) electrons. The molecule has 0 atom stereocenters. The standard InChI is InChI=1S/C17H17N5O2/c18-11-13-3-1-2-4-16(13)20-14-7-9-21(10-8-14)17-6-5-15(12-19-17)22(23)24/h1-6,12,14,20H,7-10H2. The van der Waals surface area contributed by atoms with E-state index in [0.29, 0.717) is 11.6 Å². The van der Waals surface area contributed by atoms with Crippen molar-refractivity contribution < 1.29 is 4.92 Å². The number of benzene rings is 1. The van der Waals surface area contributed by atoms with Gasteiger partial charge in [0.25, 0.3) is 5.69 Å². The molecule has 2 aromatic rings. The highest BCUT2D eigenvalue weighted by molar-refractivity contribution is 5.57. The Kier molecular flexibility index (Phi) is 4.57. The number of aromatic nitrogens is 1. The molecule has 1 aromatic carbocycles. The van der Waals surface area contributed by atoms with Crippen LogP contribution in [0.25, 0.3) is 0 Å². The van der Waals surface area contributed by atoms with Crippen molar-refractivity contribution in [3.8, 4) is 6.07 Å². The average Bonchev–Trinajstić information content (AvgIpc) is 2.63. The number of piperidine rings is 1. The summed E-state index contributed by atoms with van der Waals surface area (Å²) in [5.74, 6) is 0.761. The molecule has 7 heteroatoms. The normalized spacial score (nSPS) is 14.9. The fourth-order valence-corrected chi connectivity index (χ4v) is 2.85.